The fraction of sp³-hybridized carbons (Fsp3) is 0.750. The largest absolute Gasteiger partial charge is 0.512 e. The van der Waals surface area contributed by atoms with Gasteiger partial charge in [-0.25, -0.2) is 4.79 Å². The molecule has 1 unspecified atom stereocenters. The van der Waals surface area contributed by atoms with Gasteiger partial charge in [-0.05, 0) is 12.8 Å². The monoisotopic (exact) mass is 412 g/mol. The molecule has 0 N–H and O–H groups in total. The maximum atomic E-state index is 11.8. The Balaban J connectivity index is 1.96. The quantitative estimate of drug-likeness (QED) is 0.300. The van der Waals surface area contributed by atoms with Crippen molar-refractivity contribution in [3.63, 3.8) is 0 Å². The number of ether oxygens (including phenoxy) is 3. The average Bonchev–Trinajstić information content (AvgIpc) is 3.15. The van der Waals surface area contributed by atoms with Gasteiger partial charge in [0.05, 0.1) is 38.5 Å². The van der Waals surface area contributed by atoms with Gasteiger partial charge in [-0.15, -0.1) is 4.37 Å². The lowest BCUT2D eigenvalue weighted by molar-refractivity contribution is -0.944. The molecule has 0 aliphatic carbocycles. The van der Waals surface area contributed by atoms with Gasteiger partial charge >= 0.3 is 6.16 Å². The molecule has 0 bridgehead atoms. The molecule has 1 aromatic rings. The Hall–Kier alpha value is -1.67. The first-order valence-electron chi connectivity index (χ1n) is 10.3. The molecule has 1 aliphatic heterocycles. The van der Waals surface area contributed by atoms with Gasteiger partial charge in [0.25, 0.3) is 5.88 Å². The SMILES string of the molecule is CCCCCCOc1nsnc1C1=CCC[N+](C)([C@H](C)OC(=O)OCCC)C1. The summed E-state index contributed by atoms with van der Waals surface area (Å²) in [6.07, 6.45) is 7.59. The molecule has 1 aliphatic rings. The highest BCUT2D eigenvalue weighted by Crippen LogP contribution is 2.31. The summed E-state index contributed by atoms with van der Waals surface area (Å²) < 4.78 is 25.9. The van der Waals surface area contributed by atoms with Gasteiger partial charge in [0.1, 0.15) is 12.2 Å². The summed E-state index contributed by atoms with van der Waals surface area (Å²) in [7, 11) is 2.09. The minimum absolute atomic E-state index is 0.307. The summed E-state index contributed by atoms with van der Waals surface area (Å²) >= 11 is 1.18. The predicted molar refractivity (Wildman–Crippen MR) is 110 cm³/mol. The molecule has 7 nitrogen and oxygen atoms in total. The number of carbonyl (C=O) groups excluding carboxylic acids is 1. The molecule has 28 heavy (non-hydrogen) atoms. The van der Waals surface area contributed by atoms with E-state index < -0.39 is 6.16 Å². The first kappa shape index (κ1) is 22.6. The second kappa shape index (κ2) is 11.4. The van der Waals surface area contributed by atoms with Crippen LogP contribution < -0.4 is 4.74 Å². The van der Waals surface area contributed by atoms with Crippen molar-refractivity contribution in [1.29, 1.82) is 0 Å². The van der Waals surface area contributed by atoms with Crippen LogP contribution in [0.4, 0.5) is 4.79 Å². The van der Waals surface area contributed by atoms with E-state index in [2.05, 4.69) is 28.8 Å². The molecular formula is C20H34N3O4S+. The lowest BCUT2D eigenvalue weighted by atomic mass is 10.0. The van der Waals surface area contributed by atoms with Crippen molar-refractivity contribution in [2.75, 3.05) is 33.4 Å². The third-order valence-corrected chi connectivity index (χ3v) is 5.64. The van der Waals surface area contributed by atoms with Crippen molar-refractivity contribution >= 4 is 23.5 Å². The van der Waals surface area contributed by atoms with E-state index in [1.54, 1.807) is 0 Å². The molecule has 0 spiro atoms. The van der Waals surface area contributed by atoms with Gasteiger partial charge in [-0.1, -0.05) is 39.2 Å². The number of carbonyl (C=O) groups is 1. The molecule has 2 rings (SSSR count). The van der Waals surface area contributed by atoms with E-state index in [0.29, 0.717) is 30.1 Å². The van der Waals surface area contributed by atoms with E-state index in [9.17, 15) is 4.79 Å². The highest BCUT2D eigenvalue weighted by atomic mass is 32.1. The van der Waals surface area contributed by atoms with E-state index in [0.717, 1.165) is 37.1 Å². The van der Waals surface area contributed by atoms with Crippen LogP contribution in [0.1, 0.15) is 65.0 Å². The number of aromatic nitrogens is 2. The van der Waals surface area contributed by atoms with Crippen molar-refractivity contribution in [2.24, 2.45) is 0 Å². The van der Waals surface area contributed by atoms with Crippen LogP contribution in [0.15, 0.2) is 6.08 Å². The van der Waals surface area contributed by atoms with Crippen molar-refractivity contribution in [3.8, 4) is 5.88 Å². The maximum absolute atomic E-state index is 11.8. The zero-order valence-corrected chi connectivity index (χ0v) is 18.4. The third kappa shape index (κ3) is 6.44. The van der Waals surface area contributed by atoms with Crippen molar-refractivity contribution in [2.45, 2.75) is 65.5 Å². The van der Waals surface area contributed by atoms with Crippen LogP contribution in [-0.2, 0) is 9.47 Å². The molecule has 0 amide bonds. The minimum atomic E-state index is -0.601. The average molecular weight is 413 g/mol. The van der Waals surface area contributed by atoms with Crippen LogP contribution in [0.2, 0.25) is 0 Å². The first-order chi connectivity index (χ1) is 13.5. The Kier molecular flexibility index (Phi) is 9.18. The number of likely N-dealkylation sites (N-methyl/N-ethyl adjacent to an activating group) is 1. The molecule has 0 radical (unpaired) electrons. The maximum Gasteiger partial charge on any atom is 0.512 e. The molecule has 8 heteroatoms. The molecule has 0 saturated heterocycles. The lowest BCUT2D eigenvalue weighted by Gasteiger charge is -2.41. The summed E-state index contributed by atoms with van der Waals surface area (Å²) in [4.78, 5) is 11.8. The fourth-order valence-corrected chi connectivity index (χ4v) is 3.73. The summed E-state index contributed by atoms with van der Waals surface area (Å²) in [5.74, 6) is 0.622. The second-order valence-electron chi connectivity index (χ2n) is 7.52. The summed E-state index contributed by atoms with van der Waals surface area (Å²) in [6.45, 7) is 8.71. The summed E-state index contributed by atoms with van der Waals surface area (Å²) in [5.41, 5.74) is 1.92. The van der Waals surface area contributed by atoms with E-state index in [1.165, 1.54) is 31.0 Å². The van der Waals surface area contributed by atoms with E-state index in [4.69, 9.17) is 14.2 Å². The number of unbranched alkanes of at least 4 members (excludes halogenated alkanes) is 3. The van der Waals surface area contributed by atoms with Crippen LogP contribution in [0.25, 0.3) is 5.57 Å². The third-order valence-electron chi connectivity index (χ3n) is 5.13. The molecular weight excluding hydrogens is 378 g/mol. The van der Waals surface area contributed by atoms with Gasteiger partial charge in [0.15, 0.2) is 0 Å². The number of nitrogens with zero attached hydrogens (tertiary/aromatic N) is 3. The zero-order chi connectivity index (χ0) is 20.4. The first-order valence-corrected chi connectivity index (χ1v) is 11.1. The van der Waals surface area contributed by atoms with Gasteiger partial charge in [0, 0.05) is 18.9 Å². The topological polar surface area (TPSA) is 70.5 Å². The van der Waals surface area contributed by atoms with E-state index in [-0.39, 0.29) is 6.23 Å². The number of hydrogen-bond acceptors (Lipinski definition) is 7. The molecule has 0 aromatic carbocycles. The fourth-order valence-electron chi connectivity index (χ4n) is 3.20. The Labute approximate surface area is 172 Å². The van der Waals surface area contributed by atoms with Crippen molar-refractivity contribution in [3.05, 3.63) is 11.8 Å². The highest BCUT2D eigenvalue weighted by Gasteiger charge is 2.37. The Morgan fingerprint density at radius 1 is 1.21 bits per heavy atom. The van der Waals surface area contributed by atoms with Crippen LogP contribution in [0.5, 0.6) is 5.88 Å². The molecule has 1 aromatic heterocycles. The predicted octanol–water partition coefficient (Wildman–Crippen LogP) is 4.64. The van der Waals surface area contributed by atoms with Crippen LogP contribution >= 0.6 is 11.7 Å². The lowest BCUT2D eigenvalue weighted by Crippen LogP contribution is -2.55. The van der Waals surface area contributed by atoms with Crippen LogP contribution in [0.3, 0.4) is 0 Å². The zero-order valence-electron chi connectivity index (χ0n) is 17.6. The molecule has 2 heterocycles. The van der Waals surface area contributed by atoms with Crippen molar-refractivity contribution in [1.82, 2.24) is 8.75 Å². The summed E-state index contributed by atoms with van der Waals surface area (Å²) in [6, 6.07) is 0. The number of rotatable bonds is 11. The second-order valence-corrected chi connectivity index (χ2v) is 8.05. The van der Waals surface area contributed by atoms with Crippen molar-refractivity contribution < 1.29 is 23.5 Å². The van der Waals surface area contributed by atoms with Gasteiger partial charge < -0.3 is 14.2 Å². The Bertz CT molecular complexity index is 649. The highest BCUT2D eigenvalue weighted by molar-refractivity contribution is 6.99. The molecule has 0 fully saturated rings. The molecule has 2 atom stereocenters. The Morgan fingerprint density at radius 3 is 2.79 bits per heavy atom. The minimum Gasteiger partial charge on any atom is -0.475 e. The normalized spacial score (nSPS) is 20.4. The number of hydrogen-bond donors (Lipinski definition) is 0. The molecule has 158 valence electrons. The van der Waals surface area contributed by atoms with E-state index >= 15 is 0 Å². The smallest absolute Gasteiger partial charge is 0.475 e. The number of quaternary nitrogens is 1. The Morgan fingerprint density at radius 2 is 2.04 bits per heavy atom. The van der Waals surface area contributed by atoms with Gasteiger partial charge in [0.2, 0.25) is 6.23 Å². The van der Waals surface area contributed by atoms with Gasteiger partial charge in [-0.2, -0.15) is 4.37 Å². The standard InChI is InChI=1S/C20H34N3O4S/c1-5-7-8-9-14-25-19-18(21-28-22-19)17-11-10-12-23(4,15-17)16(3)27-20(24)26-13-6-2/h11,16H,5-10,12-15H2,1-4H3/q+1/t16-,23?/m0/s1. The molecule has 0 saturated carbocycles. The van der Waals surface area contributed by atoms with E-state index in [1.807, 2.05) is 13.8 Å². The van der Waals surface area contributed by atoms with Crippen LogP contribution in [-0.4, -0.2) is 59.0 Å². The van der Waals surface area contributed by atoms with Gasteiger partial charge in [-0.3, -0.25) is 4.48 Å². The summed E-state index contributed by atoms with van der Waals surface area (Å²) in [5, 5.41) is 0. The van der Waals surface area contributed by atoms with Crippen LogP contribution in [0, 0.1) is 0 Å².